The fraction of sp³-hybridized carbons (Fsp3) is 0.625. The van der Waals surface area contributed by atoms with Gasteiger partial charge in [0.2, 0.25) is 0 Å². The van der Waals surface area contributed by atoms with Crippen LogP contribution >= 0.6 is 15.9 Å². The summed E-state index contributed by atoms with van der Waals surface area (Å²) < 4.78 is 12.6. The third-order valence-corrected chi connectivity index (χ3v) is 5.92. The van der Waals surface area contributed by atoms with E-state index < -0.39 is 10.8 Å². The maximum Gasteiger partial charge on any atom is 0.0363 e. The summed E-state index contributed by atoms with van der Waals surface area (Å²) in [5.74, 6) is 1.67. The van der Waals surface area contributed by atoms with Crippen molar-refractivity contribution >= 4 is 26.7 Å². The smallest absolute Gasteiger partial charge is 0.0363 e. The average molecular weight is 373 g/mol. The molecule has 1 aliphatic heterocycles. The van der Waals surface area contributed by atoms with E-state index in [1.165, 1.54) is 10.0 Å². The lowest BCUT2D eigenvalue weighted by Gasteiger charge is -2.28. The van der Waals surface area contributed by atoms with Crippen molar-refractivity contribution in [1.82, 2.24) is 10.2 Å². The van der Waals surface area contributed by atoms with Crippen LogP contribution in [0.3, 0.4) is 0 Å². The molecule has 3 nitrogen and oxygen atoms in total. The summed E-state index contributed by atoms with van der Waals surface area (Å²) in [6.07, 6.45) is 2.24. The third-order valence-electron chi connectivity index (χ3n) is 3.93. The number of rotatable bonds is 7. The number of halogens is 1. The summed E-state index contributed by atoms with van der Waals surface area (Å²) in [5, 5.41) is 3.66. The topological polar surface area (TPSA) is 32.3 Å². The third kappa shape index (κ3) is 5.47. The van der Waals surface area contributed by atoms with Crippen LogP contribution in [-0.2, 0) is 10.8 Å². The minimum atomic E-state index is -0.584. The van der Waals surface area contributed by atoms with Gasteiger partial charge in [-0.05, 0) is 31.0 Å². The summed E-state index contributed by atoms with van der Waals surface area (Å²) >= 11 is 3.67. The summed E-state index contributed by atoms with van der Waals surface area (Å²) in [7, 11) is -0.584. The second-order valence-corrected chi connectivity index (χ2v) is 8.06. The van der Waals surface area contributed by atoms with Crippen molar-refractivity contribution < 1.29 is 4.21 Å². The van der Waals surface area contributed by atoms with Crippen LogP contribution in [0.15, 0.2) is 28.7 Å². The molecule has 118 valence electrons. The van der Waals surface area contributed by atoms with E-state index in [9.17, 15) is 4.21 Å². The molecule has 1 aromatic rings. The molecule has 1 atom stereocenters. The maximum atomic E-state index is 11.4. The van der Waals surface area contributed by atoms with Gasteiger partial charge in [0.05, 0.1) is 0 Å². The molecule has 0 radical (unpaired) electrons. The zero-order valence-corrected chi connectivity index (χ0v) is 15.1. The molecular formula is C16H25BrN2OS. The Morgan fingerprint density at radius 2 is 2.05 bits per heavy atom. The van der Waals surface area contributed by atoms with Gasteiger partial charge in [0.15, 0.2) is 0 Å². The standard InChI is InChI=1S/C16H25BrN2OS/c1-2-8-18-16(14-5-3-4-6-15(14)17)7-9-19-10-12-21(20)13-11-19/h3-6,16,18H,2,7-13H2,1H3. The van der Waals surface area contributed by atoms with Crippen LogP contribution in [0.1, 0.15) is 31.4 Å². The van der Waals surface area contributed by atoms with E-state index in [1.807, 2.05) is 0 Å². The lowest BCUT2D eigenvalue weighted by atomic mass is 10.0. The first-order chi connectivity index (χ1) is 10.2. The Morgan fingerprint density at radius 1 is 1.33 bits per heavy atom. The molecule has 2 rings (SSSR count). The Hall–Kier alpha value is -0.230. The van der Waals surface area contributed by atoms with Crippen LogP contribution < -0.4 is 5.32 Å². The van der Waals surface area contributed by atoms with Gasteiger partial charge < -0.3 is 10.2 Å². The maximum absolute atomic E-state index is 11.4. The van der Waals surface area contributed by atoms with Crippen molar-refractivity contribution in [3.8, 4) is 0 Å². The van der Waals surface area contributed by atoms with Crippen LogP contribution in [-0.4, -0.2) is 46.8 Å². The fourth-order valence-corrected chi connectivity index (χ4v) is 4.34. The van der Waals surface area contributed by atoms with E-state index in [1.54, 1.807) is 0 Å². The molecule has 21 heavy (non-hydrogen) atoms. The minimum Gasteiger partial charge on any atom is -0.310 e. The minimum absolute atomic E-state index is 0.382. The molecule has 1 N–H and O–H groups in total. The molecule has 1 saturated heterocycles. The van der Waals surface area contributed by atoms with Crippen molar-refractivity contribution in [2.75, 3.05) is 37.7 Å². The van der Waals surface area contributed by atoms with Gasteiger partial charge in [-0.25, -0.2) is 0 Å². The number of nitrogens with zero attached hydrogens (tertiary/aromatic N) is 1. The van der Waals surface area contributed by atoms with Crippen molar-refractivity contribution in [2.24, 2.45) is 0 Å². The van der Waals surface area contributed by atoms with Gasteiger partial charge in [0, 0.05) is 52.5 Å². The Labute approximate surface area is 139 Å². The highest BCUT2D eigenvalue weighted by Gasteiger charge is 2.18. The van der Waals surface area contributed by atoms with Crippen molar-refractivity contribution in [3.05, 3.63) is 34.3 Å². The van der Waals surface area contributed by atoms with E-state index in [0.717, 1.165) is 50.5 Å². The highest BCUT2D eigenvalue weighted by Crippen LogP contribution is 2.25. The first-order valence-electron chi connectivity index (χ1n) is 7.76. The van der Waals surface area contributed by atoms with E-state index in [2.05, 4.69) is 57.3 Å². The molecule has 5 heteroatoms. The summed E-state index contributed by atoms with van der Waals surface area (Å²) in [6.45, 7) is 6.26. The molecule has 1 unspecified atom stereocenters. The lowest BCUT2D eigenvalue weighted by Crippen LogP contribution is -2.39. The first kappa shape index (κ1) is 17.1. The second kappa shape index (κ2) is 9.03. The van der Waals surface area contributed by atoms with Crippen LogP contribution in [0.2, 0.25) is 0 Å². The highest BCUT2D eigenvalue weighted by molar-refractivity contribution is 9.10. The average Bonchev–Trinajstić information content (AvgIpc) is 2.50. The SMILES string of the molecule is CCCNC(CCN1CCS(=O)CC1)c1ccccc1Br. The number of hydrogen-bond acceptors (Lipinski definition) is 3. The normalized spacial score (nSPS) is 18.8. The van der Waals surface area contributed by atoms with Crippen LogP contribution in [0.5, 0.6) is 0 Å². The summed E-state index contributed by atoms with van der Waals surface area (Å²) in [5.41, 5.74) is 1.34. The van der Waals surface area contributed by atoms with E-state index in [0.29, 0.717) is 6.04 Å². The number of hydrogen-bond donors (Lipinski definition) is 1. The van der Waals surface area contributed by atoms with Gasteiger partial charge in [-0.1, -0.05) is 41.1 Å². The van der Waals surface area contributed by atoms with E-state index in [-0.39, 0.29) is 0 Å². The molecular weight excluding hydrogens is 348 g/mol. The predicted octanol–water partition coefficient (Wildman–Crippen LogP) is 2.94. The van der Waals surface area contributed by atoms with E-state index in [4.69, 9.17) is 0 Å². The first-order valence-corrected chi connectivity index (χ1v) is 10.0. The lowest BCUT2D eigenvalue weighted by molar-refractivity contribution is 0.278. The number of nitrogens with one attached hydrogen (secondary N) is 1. The fourth-order valence-electron chi connectivity index (χ4n) is 2.65. The monoisotopic (exact) mass is 372 g/mol. The molecule has 0 aliphatic carbocycles. The van der Waals surface area contributed by atoms with Gasteiger partial charge in [0.1, 0.15) is 0 Å². The molecule has 0 saturated carbocycles. The van der Waals surface area contributed by atoms with Crippen LogP contribution in [0, 0.1) is 0 Å². The molecule has 1 aliphatic rings. The highest BCUT2D eigenvalue weighted by atomic mass is 79.9. The molecule has 1 aromatic carbocycles. The Kier molecular flexibility index (Phi) is 7.37. The van der Waals surface area contributed by atoms with Crippen molar-refractivity contribution in [2.45, 2.75) is 25.8 Å². The van der Waals surface area contributed by atoms with Gasteiger partial charge >= 0.3 is 0 Å². The Bertz CT molecular complexity index is 459. The van der Waals surface area contributed by atoms with Gasteiger partial charge in [-0.15, -0.1) is 0 Å². The number of benzene rings is 1. The quantitative estimate of drug-likeness (QED) is 0.798. The summed E-state index contributed by atoms with van der Waals surface area (Å²) in [6, 6.07) is 8.85. The van der Waals surface area contributed by atoms with E-state index >= 15 is 0 Å². The zero-order chi connectivity index (χ0) is 15.1. The largest absolute Gasteiger partial charge is 0.310 e. The molecule has 1 heterocycles. The summed E-state index contributed by atoms with van der Waals surface area (Å²) in [4.78, 5) is 2.44. The van der Waals surface area contributed by atoms with Gasteiger partial charge in [0.25, 0.3) is 0 Å². The van der Waals surface area contributed by atoms with Gasteiger partial charge in [-0.3, -0.25) is 4.21 Å². The van der Waals surface area contributed by atoms with Crippen LogP contribution in [0.25, 0.3) is 0 Å². The Morgan fingerprint density at radius 3 is 2.71 bits per heavy atom. The molecule has 0 bridgehead atoms. The molecule has 1 fully saturated rings. The second-order valence-electron chi connectivity index (χ2n) is 5.51. The predicted molar refractivity (Wildman–Crippen MR) is 94.1 cm³/mol. The van der Waals surface area contributed by atoms with Gasteiger partial charge in [-0.2, -0.15) is 0 Å². The Balaban J connectivity index is 1.93. The van der Waals surface area contributed by atoms with Crippen LogP contribution in [0.4, 0.5) is 0 Å². The molecule has 0 aromatic heterocycles. The molecule has 0 amide bonds. The zero-order valence-electron chi connectivity index (χ0n) is 12.7. The molecule has 0 spiro atoms. The van der Waals surface area contributed by atoms with Crippen molar-refractivity contribution in [1.29, 1.82) is 0 Å². The van der Waals surface area contributed by atoms with Crippen molar-refractivity contribution in [3.63, 3.8) is 0 Å².